The molecule has 0 spiro atoms. The van der Waals surface area contributed by atoms with Crippen LogP contribution in [0.2, 0.25) is 0 Å². The molecule has 1 aromatic heterocycles. The van der Waals surface area contributed by atoms with Gasteiger partial charge in [-0.15, -0.1) is 11.3 Å². The first-order chi connectivity index (χ1) is 10.1. The Balaban J connectivity index is 1.78. The summed E-state index contributed by atoms with van der Waals surface area (Å²) in [5, 5.41) is 3.47. The van der Waals surface area contributed by atoms with Gasteiger partial charge in [-0.2, -0.15) is 4.31 Å². The standard InChI is InChI=1S/C15H24N2O2S2/c1-2-14-8-9-15(20-14)21(18,19)17(13-6-7-13)11-12-5-3-4-10-16-12/h8-9,12-13,16H,2-7,10-11H2,1H3. The number of nitrogens with one attached hydrogen (secondary N) is 1. The van der Waals surface area contributed by atoms with Crippen LogP contribution < -0.4 is 5.32 Å². The molecule has 1 aromatic rings. The van der Waals surface area contributed by atoms with Gasteiger partial charge in [0, 0.05) is 23.5 Å². The number of hydrogen-bond donors (Lipinski definition) is 1. The van der Waals surface area contributed by atoms with Crippen molar-refractivity contribution < 1.29 is 8.42 Å². The van der Waals surface area contributed by atoms with Gasteiger partial charge >= 0.3 is 0 Å². The Hall–Kier alpha value is -0.430. The second-order valence-electron chi connectivity index (χ2n) is 6.03. The van der Waals surface area contributed by atoms with Gasteiger partial charge in [-0.05, 0) is 50.8 Å². The third-order valence-electron chi connectivity index (χ3n) is 4.32. The van der Waals surface area contributed by atoms with Crippen LogP contribution >= 0.6 is 11.3 Å². The number of nitrogens with zero attached hydrogens (tertiary/aromatic N) is 1. The number of aryl methyl sites for hydroxylation is 1. The van der Waals surface area contributed by atoms with Crippen LogP contribution in [-0.2, 0) is 16.4 Å². The summed E-state index contributed by atoms with van der Waals surface area (Å²) >= 11 is 1.43. The van der Waals surface area contributed by atoms with Gasteiger partial charge in [-0.1, -0.05) is 13.3 Å². The van der Waals surface area contributed by atoms with Crippen LogP contribution in [0.1, 0.15) is 43.9 Å². The number of piperidine rings is 1. The Bertz CT molecular complexity index is 572. The van der Waals surface area contributed by atoms with Crippen LogP contribution in [0.25, 0.3) is 0 Å². The van der Waals surface area contributed by atoms with Crippen molar-refractivity contribution in [1.29, 1.82) is 0 Å². The van der Waals surface area contributed by atoms with E-state index in [0.717, 1.165) is 37.1 Å². The first-order valence-electron chi connectivity index (χ1n) is 7.95. The van der Waals surface area contributed by atoms with Crippen LogP contribution in [0.15, 0.2) is 16.3 Å². The first kappa shape index (κ1) is 15.5. The SMILES string of the molecule is CCc1ccc(S(=O)(=O)N(CC2CCCCN2)C2CC2)s1. The highest BCUT2D eigenvalue weighted by molar-refractivity contribution is 7.91. The van der Waals surface area contributed by atoms with Crippen molar-refractivity contribution >= 4 is 21.4 Å². The largest absolute Gasteiger partial charge is 0.313 e. The highest BCUT2D eigenvalue weighted by atomic mass is 32.2. The number of rotatable bonds is 6. The Kier molecular flexibility index (Phi) is 4.69. The van der Waals surface area contributed by atoms with Gasteiger partial charge in [0.15, 0.2) is 0 Å². The monoisotopic (exact) mass is 328 g/mol. The molecule has 1 saturated heterocycles. The minimum absolute atomic E-state index is 0.228. The van der Waals surface area contributed by atoms with Crippen molar-refractivity contribution in [1.82, 2.24) is 9.62 Å². The molecule has 1 aliphatic carbocycles. The van der Waals surface area contributed by atoms with Gasteiger partial charge in [0.1, 0.15) is 4.21 Å². The maximum Gasteiger partial charge on any atom is 0.252 e. The van der Waals surface area contributed by atoms with Gasteiger partial charge in [0.25, 0.3) is 10.0 Å². The molecule has 0 amide bonds. The minimum atomic E-state index is -3.31. The van der Waals surface area contributed by atoms with Crippen molar-refractivity contribution in [2.24, 2.45) is 0 Å². The molecule has 2 heterocycles. The second kappa shape index (κ2) is 6.36. The summed E-state index contributed by atoms with van der Waals surface area (Å²) in [5.41, 5.74) is 0. The normalized spacial score (nSPS) is 23.6. The van der Waals surface area contributed by atoms with Gasteiger partial charge < -0.3 is 5.32 Å². The Morgan fingerprint density at radius 3 is 2.67 bits per heavy atom. The zero-order valence-electron chi connectivity index (χ0n) is 12.5. The van der Waals surface area contributed by atoms with Crippen LogP contribution in [0.4, 0.5) is 0 Å². The molecule has 0 radical (unpaired) electrons. The maximum atomic E-state index is 12.9. The molecule has 2 aliphatic rings. The molecular weight excluding hydrogens is 304 g/mol. The van der Waals surface area contributed by atoms with E-state index >= 15 is 0 Å². The molecule has 4 nitrogen and oxygen atoms in total. The van der Waals surface area contributed by atoms with E-state index in [1.165, 1.54) is 24.2 Å². The molecule has 1 aliphatic heterocycles. The van der Waals surface area contributed by atoms with E-state index in [-0.39, 0.29) is 6.04 Å². The van der Waals surface area contributed by atoms with Crippen molar-refractivity contribution in [3.8, 4) is 0 Å². The molecule has 21 heavy (non-hydrogen) atoms. The summed E-state index contributed by atoms with van der Waals surface area (Å²) in [5.74, 6) is 0. The smallest absolute Gasteiger partial charge is 0.252 e. The first-order valence-corrected chi connectivity index (χ1v) is 10.2. The third-order valence-corrected chi connectivity index (χ3v) is 7.93. The van der Waals surface area contributed by atoms with E-state index in [0.29, 0.717) is 16.8 Å². The highest BCUT2D eigenvalue weighted by Crippen LogP contribution is 2.35. The third kappa shape index (κ3) is 3.50. The quantitative estimate of drug-likeness (QED) is 0.873. The fourth-order valence-corrected chi connectivity index (χ4v) is 6.06. The van der Waals surface area contributed by atoms with E-state index in [1.54, 1.807) is 10.4 Å². The molecule has 6 heteroatoms. The van der Waals surface area contributed by atoms with Crippen molar-refractivity contribution in [2.75, 3.05) is 13.1 Å². The molecule has 3 rings (SSSR count). The lowest BCUT2D eigenvalue weighted by atomic mass is 10.1. The van der Waals surface area contributed by atoms with E-state index in [2.05, 4.69) is 12.2 Å². The van der Waals surface area contributed by atoms with Gasteiger partial charge in [0.05, 0.1) is 0 Å². The summed E-state index contributed by atoms with van der Waals surface area (Å²) in [7, 11) is -3.31. The Labute approximate surface area is 131 Å². The van der Waals surface area contributed by atoms with Crippen LogP contribution in [0.5, 0.6) is 0 Å². The van der Waals surface area contributed by atoms with E-state index in [1.807, 2.05) is 6.07 Å². The predicted octanol–water partition coefficient (Wildman–Crippen LogP) is 2.61. The molecule has 1 atom stereocenters. The van der Waals surface area contributed by atoms with E-state index in [4.69, 9.17) is 0 Å². The Morgan fingerprint density at radius 1 is 1.29 bits per heavy atom. The van der Waals surface area contributed by atoms with Crippen LogP contribution in [0.3, 0.4) is 0 Å². The number of sulfonamides is 1. The summed E-state index contributed by atoms with van der Waals surface area (Å²) in [6.07, 6.45) is 6.42. The lowest BCUT2D eigenvalue weighted by Gasteiger charge is -2.29. The molecule has 0 aromatic carbocycles. The van der Waals surface area contributed by atoms with E-state index < -0.39 is 10.0 Å². The number of hydrogen-bond acceptors (Lipinski definition) is 4. The van der Waals surface area contributed by atoms with Crippen molar-refractivity contribution in [2.45, 2.75) is 61.7 Å². The topological polar surface area (TPSA) is 49.4 Å². The fourth-order valence-electron chi connectivity index (χ4n) is 2.91. The molecule has 0 bridgehead atoms. The van der Waals surface area contributed by atoms with Gasteiger partial charge in [-0.3, -0.25) is 0 Å². The lowest BCUT2D eigenvalue weighted by Crippen LogP contribution is -2.46. The zero-order valence-corrected chi connectivity index (χ0v) is 14.2. The molecular formula is C15H24N2O2S2. The lowest BCUT2D eigenvalue weighted by molar-refractivity contribution is 0.308. The molecule has 118 valence electrons. The average Bonchev–Trinajstić information content (AvgIpc) is 3.20. The van der Waals surface area contributed by atoms with Crippen LogP contribution in [-0.4, -0.2) is 37.9 Å². The fraction of sp³-hybridized carbons (Fsp3) is 0.733. The Morgan fingerprint density at radius 2 is 2.10 bits per heavy atom. The van der Waals surface area contributed by atoms with Gasteiger partial charge in [-0.25, -0.2) is 8.42 Å². The predicted molar refractivity (Wildman–Crippen MR) is 86.3 cm³/mol. The van der Waals surface area contributed by atoms with Gasteiger partial charge in [0.2, 0.25) is 0 Å². The molecule has 2 fully saturated rings. The highest BCUT2D eigenvalue weighted by Gasteiger charge is 2.39. The summed E-state index contributed by atoms with van der Waals surface area (Å²) in [6, 6.07) is 4.27. The number of thiophene rings is 1. The summed E-state index contributed by atoms with van der Waals surface area (Å²) in [4.78, 5) is 1.14. The van der Waals surface area contributed by atoms with E-state index in [9.17, 15) is 8.42 Å². The van der Waals surface area contributed by atoms with Crippen molar-refractivity contribution in [3.05, 3.63) is 17.0 Å². The molecule has 1 saturated carbocycles. The zero-order chi connectivity index (χ0) is 14.9. The second-order valence-corrected chi connectivity index (χ2v) is 9.31. The summed E-state index contributed by atoms with van der Waals surface area (Å²) in [6.45, 7) is 3.71. The van der Waals surface area contributed by atoms with Crippen LogP contribution in [0, 0.1) is 0 Å². The molecule has 1 N–H and O–H groups in total. The molecule has 1 unspecified atom stereocenters. The summed E-state index contributed by atoms with van der Waals surface area (Å²) < 4.78 is 28.1. The minimum Gasteiger partial charge on any atom is -0.313 e. The van der Waals surface area contributed by atoms with Crippen molar-refractivity contribution in [3.63, 3.8) is 0 Å². The maximum absolute atomic E-state index is 12.9. The average molecular weight is 329 g/mol.